The zero-order chi connectivity index (χ0) is 15.0. The predicted octanol–water partition coefficient (Wildman–Crippen LogP) is -0.653. The Balaban J connectivity index is 4.31. The fraction of sp³-hybridized carbons (Fsp3) is 0.667. The molecule has 3 N–H and O–H groups in total. The third-order valence-electron chi connectivity index (χ3n) is 2.34. The van der Waals surface area contributed by atoms with Crippen LogP contribution in [0.15, 0.2) is 12.2 Å². The highest BCUT2D eigenvalue weighted by molar-refractivity contribution is 5.87. The molecule has 19 heavy (non-hydrogen) atoms. The minimum absolute atomic E-state index is 0.155. The fourth-order valence-corrected chi connectivity index (χ4v) is 1.16. The van der Waals surface area contributed by atoms with Crippen LogP contribution in [0.25, 0.3) is 0 Å². The molecule has 2 unspecified atom stereocenters. The lowest BCUT2D eigenvalue weighted by molar-refractivity contribution is -0.172. The number of esters is 2. The lowest BCUT2D eigenvalue weighted by atomic mass is 10.1. The predicted molar refractivity (Wildman–Crippen MR) is 64.7 cm³/mol. The van der Waals surface area contributed by atoms with Crippen molar-refractivity contribution >= 4 is 11.9 Å². The second kappa shape index (κ2) is 8.63. The summed E-state index contributed by atoms with van der Waals surface area (Å²) in [6.07, 6.45) is -2.64. The van der Waals surface area contributed by atoms with Crippen molar-refractivity contribution in [1.29, 1.82) is 0 Å². The molecular formula is C12H20O7. The van der Waals surface area contributed by atoms with E-state index in [1.54, 1.807) is 6.92 Å². The van der Waals surface area contributed by atoms with Crippen LogP contribution in [0.5, 0.6) is 0 Å². The maximum atomic E-state index is 11.5. The van der Waals surface area contributed by atoms with Crippen LogP contribution in [0.4, 0.5) is 0 Å². The van der Waals surface area contributed by atoms with Gasteiger partial charge in [0, 0.05) is 5.57 Å². The third-order valence-corrected chi connectivity index (χ3v) is 2.34. The molecule has 2 atom stereocenters. The molecule has 0 saturated heterocycles. The highest BCUT2D eigenvalue weighted by Gasteiger charge is 2.26. The SMILES string of the molecule is C=C(C)C(=O)OC(CO)COC(=O)C(CC)C(O)O. The van der Waals surface area contributed by atoms with Gasteiger partial charge in [-0.05, 0) is 13.3 Å². The topological polar surface area (TPSA) is 113 Å². The summed E-state index contributed by atoms with van der Waals surface area (Å²) in [6.45, 7) is 5.52. The van der Waals surface area contributed by atoms with Gasteiger partial charge >= 0.3 is 11.9 Å². The van der Waals surface area contributed by atoms with E-state index in [1.165, 1.54) is 6.92 Å². The normalized spacial score (nSPS) is 13.8. The molecule has 0 aromatic carbocycles. The van der Waals surface area contributed by atoms with Gasteiger partial charge in [0.1, 0.15) is 12.5 Å². The number of hydrogen-bond donors (Lipinski definition) is 3. The van der Waals surface area contributed by atoms with Crippen molar-refractivity contribution in [3.63, 3.8) is 0 Å². The minimum atomic E-state index is -1.82. The minimum Gasteiger partial charge on any atom is -0.461 e. The van der Waals surface area contributed by atoms with Gasteiger partial charge in [-0.15, -0.1) is 0 Å². The standard InChI is InChI=1S/C12H20O7/c1-4-9(10(14)15)12(17)18-6-8(5-13)19-11(16)7(2)3/h8-10,13-15H,2,4-6H2,1,3H3. The number of carbonyl (C=O) groups excluding carboxylic acids is 2. The summed E-state index contributed by atoms with van der Waals surface area (Å²) in [5, 5.41) is 26.8. The van der Waals surface area contributed by atoms with Crippen molar-refractivity contribution in [2.75, 3.05) is 13.2 Å². The lowest BCUT2D eigenvalue weighted by Gasteiger charge is -2.19. The van der Waals surface area contributed by atoms with Gasteiger partial charge in [-0.2, -0.15) is 0 Å². The summed E-state index contributed by atoms with van der Waals surface area (Å²) >= 11 is 0. The van der Waals surface area contributed by atoms with Crippen molar-refractivity contribution in [2.45, 2.75) is 32.7 Å². The van der Waals surface area contributed by atoms with Crippen LogP contribution in [0, 0.1) is 5.92 Å². The molecule has 0 bridgehead atoms. The van der Waals surface area contributed by atoms with E-state index in [0.717, 1.165) is 0 Å². The number of aliphatic hydroxyl groups is 3. The second-order valence-corrected chi connectivity index (χ2v) is 4.05. The van der Waals surface area contributed by atoms with E-state index < -0.39 is 36.9 Å². The molecule has 0 aliphatic carbocycles. The maximum Gasteiger partial charge on any atom is 0.333 e. The fourth-order valence-electron chi connectivity index (χ4n) is 1.16. The van der Waals surface area contributed by atoms with E-state index >= 15 is 0 Å². The average molecular weight is 276 g/mol. The van der Waals surface area contributed by atoms with Crippen LogP contribution in [0.2, 0.25) is 0 Å². The molecular weight excluding hydrogens is 256 g/mol. The molecule has 0 aromatic heterocycles. The van der Waals surface area contributed by atoms with Crippen molar-refractivity contribution < 1.29 is 34.4 Å². The lowest BCUT2D eigenvalue weighted by Crippen LogP contribution is -2.33. The van der Waals surface area contributed by atoms with Crippen LogP contribution < -0.4 is 0 Å². The molecule has 0 spiro atoms. The van der Waals surface area contributed by atoms with Crippen LogP contribution in [0.3, 0.4) is 0 Å². The first-order valence-electron chi connectivity index (χ1n) is 5.83. The zero-order valence-corrected chi connectivity index (χ0v) is 11.0. The van der Waals surface area contributed by atoms with Gasteiger partial charge < -0.3 is 24.8 Å². The Morgan fingerprint density at radius 1 is 1.32 bits per heavy atom. The van der Waals surface area contributed by atoms with E-state index in [-0.39, 0.29) is 18.6 Å². The summed E-state index contributed by atoms with van der Waals surface area (Å²) in [6, 6.07) is 0. The molecule has 0 rings (SSSR count). The van der Waals surface area contributed by atoms with Gasteiger partial charge in [0.2, 0.25) is 0 Å². The molecule has 0 radical (unpaired) electrons. The zero-order valence-electron chi connectivity index (χ0n) is 11.0. The molecule has 7 nitrogen and oxygen atoms in total. The number of carbonyl (C=O) groups is 2. The largest absolute Gasteiger partial charge is 0.461 e. The van der Waals surface area contributed by atoms with Gasteiger partial charge in [0.15, 0.2) is 12.4 Å². The first-order chi connectivity index (χ1) is 8.83. The van der Waals surface area contributed by atoms with Crippen LogP contribution in [-0.4, -0.2) is 52.9 Å². The smallest absolute Gasteiger partial charge is 0.333 e. The Hall–Kier alpha value is -1.44. The van der Waals surface area contributed by atoms with Gasteiger partial charge in [0.25, 0.3) is 0 Å². The quantitative estimate of drug-likeness (QED) is 0.306. The molecule has 110 valence electrons. The summed E-state index contributed by atoms with van der Waals surface area (Å²) in [5.41, 5.74) is 0.155. The monoisotopic (exact) mass is 276 g/mol. The average Bonchev–Trinajstić information content (AvgIpc) is 2.34. The Labute approximate surface area is 111 Å². The highest BCUT2D eigenvalue weighted by atomic mass is 16.6. The van der Waals surface area contributed by atoms with Gasteiger partial charge in [0.05, 0.1) is 6.61 Å². The van der Waals surface area contributed by atoms with Crippen molar-refractivity contribution in [1.82, 2.24) is 0 Å². The van der Waals surface area contributed by atoms with Gasteiger partial charge in [-0.3, -0.25) is 4.79 Å². The number of hydrogen-bond acceptors (Lipinski definition) is 7. The molecule has 7 heteroatoms. The van der Waals surface area contributed by atoms with Crippen molar-refractivity contribution in [2.24, 2.45) is 5.92 Å². The molecule has 0 heterocycles. The number of rotatable bonds is 8. The van der Waals surface area contributed by atoms with Gasteiger partial charge in [-0.25, -0.2) is 4.79 Å². The number of ether oxygens (including phenoxy) is 2. The second-order valence-electron chi connectivity index (χ2n) is 4.05. The summed E-state index contributed by atoms with van der Waals surface area (Å²) in [4.78, 5) is 22.7. The summed E-state index contributed by atoms with van der Waals surface area (Å²) < 4.78 is 9.56. The molecule has 0 saturated carbocycles. The molecule has 0 fully saturated rings. The molecule has 0 aliphatic heterocycles. The van der Waals surface area contributed by atoms with Crippen molar-refractivity contribution in [3.05, 3.63) is 12.2 Å². The van der Waals surface area contributed by atoms with Crippen molar-refractivity contribution in [3.8, 4) is 0 Å². The van der Waals surface area contributed by atoms with Crippen LogP contribution in [0.1, 0.15) is 20.3 Å². The number of aliphatic hydroxyl groups excluding tert-OH is 2. The van der Waals surface area contributed by atoms with Crippen LogP contribution in [-0.2, 0) is 19.1 Å². The Kier molecular flexibility index (Phi) is 7.97. The van der Waals surface area contributed by atoms with Crippen LogP contribution >= 0.6 is 0 Å². The summed E-state index contributed by atoms with van der Waals surface area (Å²) in [5.74, 6) is -2.61. The Bertz CT molecular complexity index is 324. The Morgan fingerprint density at radius 2 is 1.89 bits per heavy atom. The van der Waals surface area contributed by atoms with E-state index in [1.807, 2.05) is 0 Å². The molecule has 0 aliphatic rings. The highest BCUT2D eigenvalue weighted by Crippen LogP contribution is 2.10. The maximum absolute atomic E-state index is 11.5. The van der Waals surface area contributed by atoms with E-state index in [4.69, 9.17) is 24.8 Å². The molecule has 0 amide bonds. The van der Waals surface area contributed by atoms with Gasteiger partial charge in [-0.1, -0.05) is 13.5 Å². The van der Waals surface area contributed by atoms with E-state index in [0.29, 0.717) is 0 Å². The molecule has 0 aromatic rings. The summed E-state index contributed by atoms with van der Waals surface area (Å²) in [7, 11) is 0. The first-order valence-corrected chi connectivity index (χ1v) is 5.83. The van der Waals surface area contributed by atoms with E-state index in [2.05, 4.69) is 6.58 Å². The first kappa shape index (κ1) is 17.6. The third kappa shape index (κ3) is 6.32. The van der Waals surface area contributed by atoms with E-state index in [9.17, 15) is 9.59 Å². The Morgan fingerprint density at radius 3 is 2.26 bits per heavy atom.